The number of rotatable bonds is 6. The summed E-state index contributed by atoms with van der Waals surface area (Å²) in [5.74, 6) is 0.534. The van der Waals surface area contributed by atoms with Gasteiger partial charge in [0.1, 0.15) is 0 Å². The lowest BCUT2D eigenvalue weighted by Gasteiger charge is -2.35. The first-order valence-corrected chi connectivity index (χ1v) is 6.19. The van der Waals surface area contributed by atoms with Gasteiger partial charge in [-0.3, -0.25) is 4.90 Å². The lowest BCUT2D eigenvalue weighted by atomic mass is 10.00. The number of likely N-dealkylation sites (tertiary alicyclic amines) is 1. The van der Waals surface area contributed by atoms with Crippen molar-refractivity contribution in [1.82, 2.24) is 4.90 Å². The molecule has 90 valence electrons. The maximum atomic E-state index is 5.90. The number of nitrogens with two attached hydrogens (primary N) is 1. The molecule has 3 heteroatoms. The summed E-state index contributed by atoms with van der Waals surface area (Å²) in [5, 5.41) is 0. The average Bonchev–Trinajstić information content (AvgIpc) is 2.67. The summed E-state index contributed by atoms with van der Waals surface area (Å²) < 4.78 is 5.23. The Hall–Kier alpha value is -0.120. The summed E-state index contributed by atoms with van der Waals surface area (Å²) in [6.07, 6.45) is 3.91. The first-order valence-electron chi connectivity index (χ1n) is 6.19. The monoisotopic (exact) mass is 214 g/mol. The molecule has 1 saturated heterocycles. The van der Waals surface area contributed by atoms with Gasteiger partial charge in [-0.25, -0.2) is 0 Å². The molecular weight excluding hydrogens is 188 g/mol. The minimum absolute atomic E-state index is 0.498. The Labute approximate surface area is 94.0 Å². The first kappa shape index (κ1) is 12.9. The molecule has 0 aliphatic carbocycles. The molecule has 0 aromatic rings. The van der Waals surface area contributed by atoms with Crippen molar-refractivity contribution in [2.75, 3.05) is 26.8 Å². The molecule has 3 atom stereocenters. The highest BCUT2D eigenvalue weighted by molar-refractivity contribution is 4.87. The highest BCUT2D eigenvalue weighted by Gasteiger charge is 2.31. The van der Waals surface area contributed by atoms with E-state index >= 15 is 0 Å². The van der Waals surface area contributed by atoms with Gasteiger partial charge in [0.25, 0.3) is 0 Å². The summed E-state index contributed by atoms with van der Waals surface area (Å²) in [7, 11) is 1.77. The van der Waals surface area contributed by atoms with Gasteiger partial charge < -0.3 is 10.5 Å². The average molecular weight is 214 g/mol. The maximum Gasteiger partial charge on any atom is 0.0503 e. The van der Waals surface area contributed by atoms with E-state index in [0.717, 1.165) is 19.2 Å². The van der Waals surface area contributed by atoms with E-state index in [1.807, 2.05) is 0 Å². The fourth-order valence-electron chi connectivity index (χ4n) is 2.80. The molecule has 1 heterocycles. The molecule has 1 aliphatic heterocycles. The quantitative estimate of drug-likeness (QED) is 0.727. The highest BCUT2D eigenvalue weighted by atomic mass is 16.5. The van der Waals surface area contributed by atoms with Gasteiger partial charge in [-0.05, 0) is 31.7 Å². The summed E-state index contributed by atoms with van der Waals surface area (Å²) in [6.45, 7) is 7.30. The van der Waals surface area contributed by atoms with Gasteiger partial charge in [0.15, 0.2) is 0 Å². The van der Waals surface area contributed by atoms with Crippen molar-refractivity contribution in [2.24, 2.45) is 11.7 Å². The van der Waals surface area contributed by atoms with Crippen LogP contribution in [0.2, 0.25) is 0 Å². The van der Waals surface area contributed by atoms with Crippen LogP contribution in [0, 0.1) is 5.92 Å². The van der Waals surface area contributed by atoms with Gasteiger partial charge in [0, 0.05) is 25.7 Å². The zero-order valence-electron chi connectivity index (χ0n) is 10.4. The molecule has 0 saturated carbocycles. The normalized spacial score (nSPS) is 26.8. The molecule has 0 amide bonds. The number of hydrogen-bond donors (Lipinski definition) is 1. The van der Waals surface area contributed by atoms with Crippen molar-refractivity contribution in [3.05, 3.63) is 0 Å². The van der Waals surface area contributed by atoms with E-state index in [9.17, 15) is 0 Å². The zero-order valence-corrected chi connectivity index (χ0v) is 10.4. The zero-order chi connectivity index (χ0) is 11.3. The molecule has 3 nitrogen and oxygen atoms in total. The topological polar surface area (TPSA) is 38.5 Å². The molecule has 0 radical (unpaired) electrons. The van der Waals surface area contributed by atoms with Gasteiger partial charge in [-0.2, -0.15) is 0 Å². The Morgan fingerprint density at radius 2 is 2.27 bits per heavy atom. The third-order valence-electron chi connectivity index (χ3n) is 3.65. The standard InChI is InChI=1S/C12H26N2O/c1-4-11-6-5-7-14(11)12(8-13)10(2)9-15-3/h10-12H,4-9,13H2,1-3H3. The van der Waals surface area contributed by atoms with Crippen molar-refractivity contribution >= 4 is 0 Å². The molecule has 3 unspecified atom stereocenters. The van der Waals surface area contributed by atoms with E-state index in [-0.39, 0.29) is 0 Å². The first-order chi connectivity index (χ1) is 7.24. The molecule has 0 aromatic carbocycles. The van der Waals surface area contributed by atoms with Crippen LogP contribution in [-0.4, -0.2) is 43.8 Å². The summed E-state index contributed by atoms with van der Waals surface area (Å²) >= 11 is 0. The molecule has 0 bridgehead atoms. The van der Waals surface area contributed by atoms with Crippen LogP contribution >= 0.6 is 0 Å². The minimum atomic E-state index is 0.498. The predicted molar refractivity (Wildman–Crippen MR) is 63.9 cm³/mol. The summed E-state index contributed by atoms with van der Waals surface area (Å²) in [6, 6.07) is 1.25. The van der Waals surface area contributed by atoms with Crippen LogP contribution in [0.3, 0.4) is 0 Å². The molecule has 2 N–H and O–H groups in total. The SMILES string of the molecule is CCC1CCCN1C(CN)C(C)COC. The van der Waals surface area contributed by atoms with Crippen molar-refractivity contribution < 1.29 is 4.74 Å². The van der Waals surface area contributed by atoms with E-state index in [2.05, 4.69) is 18.7 Å². The fourth-order valence-corrected chi connectivity index (χ4v) is 2.80. The third-order valence-corrected chi connectivity index (χ3v) is 3.65. The van der Waals surface area contributed by atoms with E-state index in [1.165, 1.54) is 25.8 Å². The van der Waals surface area contributed by atoms with E-state index in [0.29, 0.717) is 12.0 Å². The van der Waals surface area contributed by atoms with Crippen molar-refractivity contribution in [3.63, 3.8) is 0 Å². The summed E-state index contributed by atoms with van der Waals surface area (Å²) in [5.41, 5.74) is 5.90. The Morgan fingerprint density at radius 3 is 2.80 bits per heavy atom. The molecule has 1 rings (SSSR count). The van der Waals surface area contributed by atoms with Gasteiger partial charge in [0.05, 0.1) is 6.61 Å². The predicted octanol–water partition coefficient (Wildman–Crippen LogP) is 1.47. The van der Waals surface area contributed by atoms with Crippen LogP contribution in [0.4, 0.5) is 0 Å². The van der Waals surface area contributed by atoms with Gasteiger partial charge in [-0.1, -0.05) is 13.8 Å². The maximum absolute atomic E-state index is 5.90. The van der Waals surface area contributed by atoms with E-state index < -0.39 is 0 Å². The van der Waals surface area contributed by atoms with Crippen LogP contribution in [0.1, 0.15) is 33.1 Å². The highest BCUT2D eigenvalue weighted by Crippen LogP contribution is 2.25. The second-order valence-electron chi connectivity index (χ2n) is 4.68. The van der Waals surface area contributed by atoms with Crippen molar-refractivity contribution in [2.45, 2.75) is 45.2 Å². The third kappa shape index (κ3) is 3.16. The van der Waals surface area contributed by atoms with Crippen LogP contribution in [0.5, 0.6) is 0 Å². The number of ether oxygens (including phenoxy) is 1. The smallest absolute Gasteiger partial charge is 0.0503 e. The van der Waals surface area contributed by atoms with Crippen LogP contribution in [0.25, 0.3) is 0 Å². The number of hydrogen-bond acceptors (Lipinski definition) is 3. The minimum Gasteiger partial charge on any atom is -0.384 e. The molecule has 1 aliphatic rings. The van der Waals surface area contributed by atoms with Crippen LogP contribution in [0.15, 0.2) is 0 Å². The fraction of sp³-hybridized carbons (Fsp3) is 1.00. The largest absolute Gasteiger partial charge is 0.384 e. The van der Waals surface area contributed by atoms with Gasteiger partial charge >= 0.3 is 0 Å². The Balaban J connectivity index is 2.56. The molecule has 0 aromatic heterocycles. The molecular formula is C12H26N2O. The lowest BCUT2D eigenvalue weighted by Crippen LogP contribution is -2.48. The van der Waals surface area contributed by atoms with Gasteiger partial charge in [0.2, 0.25) is 0 Å². The Bertz CT molecular complexity index is 175. The van der Waals surface area contributed by atoms with Crippen LogP contribution < -0.4 is 5.73 Å². The van der Waals surface area contributed by atoms with E-state index in [4.69, 9.17) is 10.5 Å². The molecule has 15 heavy (non-hydrogen) atoms. The second kappa shape index (κ2) is 6.46. The Kier molecular flexibility index (Phi) is 5.58. The number of methoxy groups -OCH3 is 1. The summed E-state index contributed by atoms with van der Waals surface area (Å²) in [4.78, 5) is 2.60. The van der Waals surface area contributed by atoms with Crippen LogP contribution in [-0.2, 0) is 4.74 Å². The molecule has 0 spiro atoms. The van der Waals surface area contributed by atoms with Crippen molar-refractivity contribution in [1.29, 1.82) is 0 Å². The lowest BCUT2D eigenvalue weighted by molar-refractivity contribution is 0.0769. The van der Waals surface area contributed by atoms with E-state index in [1.54, 1.807) is 7.11 Å². The Morgan fingerprint density at radius 1 is 1.53 bits per heavy atom. The number of nitrogens with zero attached hydrogens (tertiary/aromatic N) is 1. The molecule has 1 fully saturated rings. The van der Waals surface area contributed by atoms with Crippen molar-refractivity contribution in [3.8, 4) is 0 Å². The second-order valence-corrected chi connectivity index (χ2v) is 4.68. The van der Waals surface area contributed by atoms with Gasteiger partial charge in [-0.15, -0.1) is 0 Å².